The van der Waals surface area contributed by atoms with Gasteiger partial charge < -0.3 is 19.6 Å². The van der Waals surface area contributed by atoms with Crippen LogP contribution in [0.1, 0.15) is 13.3 Å². The minimum absolute atomic E-state index is 0.0193. The number of ether oxygens (including phenoxy) is 1. The molecule has 6 heteroatoms. The van der Waals surface area contributed by atoms with E-state index >= 15 is 0 Å². The van der Waals surface area contributed by atoms with E-state index in [0.29, 0.717) is 25.6 Å². The molecule has 108 valence electrons. The number of urea groups is 1. The minimum atomic E-state index is -0.804. The van der Waals surface area contributed by atoms with E-state index in [-0.39, 0.29) is 11.9 Å². The molecule has 2 aliphatic heterocycles. The maximum absolute atomic E-state index is 12.3. The number of hydrogen-bond acceptors (Lipinski definition) is 3. The van der Waals surface area contributed by atoms with Crippen molar-refractivity contribution < 1.29 is 19.4 Å². The molecule has 0 radical (unpaired) electrons. The topological polar surface area (TPSA) is 70.1 Å². The summed E-state index contributed by atoms with van der Waals surface area (Å²) in [6.45, 7) is 4.91. The molecule has 0 spiro atoms. The molecule has 2 rings (SSSR count). The Bertz CT molecular complexity index is 361. The Kier molecular flexibility index (Phi) is 4.29. The molecule has 3 atom stereocenters. The first-order chi connectivity index (χ1) is 9.02. The fourth-order valence-electron chi connectivity index (χ4n) is 3.02. The number of amides is 2. The van der Waals surface area contributed by atoms with Crippen LogP contribution in [0.3, 0.4) is 0 Å². The first-order valence-electron chi connectivity index (χ1n) is 6.78. The van der Waals surface area contributed by atoms with Crippen LogP contribution in [-0.2, 0) is 9.53 Å². The summed E-state index contributed by atoms with van der Waals surface area (Å²) in [5.41, 5.74) is 0. The smallest absolute Gasteiger partial charge is 0.320 e. The summed E-state index contributed by atoms with van der Waals surface area (Å²) in [5, 5.41) is 9.09. The van der Waals surface area contributed by atoms with Crippen LogP contribution in [0, 0.1) is 17.8 Å². The Labute approximate surface area is 113 Å². The van der Waals surface area contributed by atoms with Crippen LogP contribution in [0.2, 0.25) is 0 Å². The monoisotopic (exact) mass is 270 g/mol. The molecule has 3 unspecified atom stereocenters. The van der Waals surface area contributed by atoms with Crippen LogP contribution in [0.15, 0.2) is 0 Å². The number of rotatable bonds is 3. The highest BCUT2D eigenvalue weighted by atomic mass is 16.5. The number of hydrogen-bond donors (Lipinski definition) is 1. The maximum atomic E-state index is 12.3. The molecular weight excluding hydrogens is 248 g/mol. The molecule has 19 heavy (non-hydrogen) atoms. The Morgan fingerprint density at radius 3 is 2.58 bits per heavy atom. The van der Waals surface area contributed by atoms with Gasteiger partial charge in [0.25, 0.3) is 0 Å². The van der Waals surface area contributed by atoms with E-state index in [2.05, 4.69) is 0 Å². The summed E-state index contributed by atoms with van der Waals surface area (Å²) in [7, 11) is 1.67. The quantitative estimate of drug-likeness (QED) is 0.820. The second-order valence-electron chi connectivity index (χ2n) is 5.67. The predicted octanol–water partition coefficient (Wildman–Crippen LogP) is 0.727. The fourth-order valence-corrected chi connectivity index (χ4v) is 3.02. The van der Waals surface area contributed by atoms with Crippen molar-refractivity contribution in [1.82, 2.24) is 9.80 Å². The van der Waals surface area contributed by atoms with Crippen molar-refractivity contribution in [1.29, 1.82) is 0 Å². The number of carbonyl (C=O) groups excluding carboxylic acids is 1. The van der Waals surface area contributed by atoms with Gasteiger partial charge in [-0.2, -0.15) is 0 Å². The van der Waals surface area contributed by atoms with Gasteiger partial charge in [0.15, 0.2) is 0 Å². The zero-order valence-electron chi connectivity index (χ0n) is 11.5. The molecule has 0 aromatic carbocycles. The first-order valence-corrected chi connectivity index (χ1v) is 6.78. The number of likely N-dealkylation sites (tertiary alicyclic amines) is 2. The minimum Gasteiger partial charge on any atom is -0.481 e. The maximum Gasteiger partial charge on any atom is 0.320 e. The molecule has 0 aromatic rings. The van der Waals surface area contributed by atoms with Gasteiger partial charge in [-0.1, -0.05) is 6.92 Å². The second-order valence-corrected chi connectivity index (χ2v) is 5.67. The molecule has 2 fully saturated rings. The Hall–Kier alpha value is -1.30. The number of aliphatic carboxylic acids is 1. The van der Waals surface area contributed by atoms with E-state index in [9.17, 15) is 9.59 Å². The van der Waals surface area contributed by atoms with Gasteiger partial charge in [0.05, 0.1) is 12.5 Å². The van der Waals surface area contributed by atoms with Crippen molar-refractivity contribution in [2.24, 2.45) is 17.8 Å². The first kappa shape index (κ1) is 14.1. The normalized spacial score (nSPS) is 30.9. The molecule has 2 aliphatic rings. The Morgan fingerprint density at radius 1 is 1.26 bits per heavy atom. The molecule has 2 heterocycles. The standard InChI is InChI=1S/C13H22N2O4/c1-9-5-15(7-11(9)12(16)17)13(18)14-4-3-10(6-14)8-19-2/h9-11H,3-8H2,1-2H3,(H,16,17). The number of carboxylic acids is 1. The SMILES string of the molecule is COCC1CCN(C(=O)N2CC(C)C(C(=O)O)C2)C1. The Morgan fingerprint density at radius 2 is 2.00 bits per heavy atom. The molecule has 0 aromatic heterocycles. The van der Waals surface area contributed by atoms with Crippen molar-refractivity contribution in [3.63, 3.8) is 0 Å². The lowest BCUT2D eigenvalue weighted by atomic mass is 9.99. The van der Waals surface area contributed by atoms with Gasteiger partial charge in [0, 0.05) is 39.2 Å². The molecule has 0 bridgehead atoms. The van der Waals surface area contributed by atoms with Crippen LogP contribution in [0.4, 0.5) is 4.79 Å². The zero-order chi connectivity index (χ0) is 14.0. The molecule has 6 nitrogen and oxygen atoms in total. The number of carbonyl (C=O) groups is 2. The summed E-state index contributed by atoms with van der Waals surface area (Å²) in [4.78, 5) is 26.9. The predicted molar refractivity (Wildman–Crippen MR) is 68.8 cm³/mol. The van der Waals surface area contributed by atoms with Gasteiger partial charge in [-0.05, 0) is 12.3 Å². The van der Waals surface area contributed by atoms with E-state index in [1.54, 1.807) is 12.0 Å². The van der Waals surface area contributed by atoms with Gasteiger partial charge in [-0.3, -0.25) is 4.79 Å². The lowest BCUT2D eigenvalue weighted by molar-refractivity contribution is -0.142. The van der Waals surface area contributed by atoms with Crippen molar-refractivity contribution in [2.75, 3.05) is 39.9 Å². The van der Waals surface area contributed by atoms with Crippen molar-refractivity contribution in [2.45, 2.75) is 13.3 Å². The molecule has 2 amide bonds. The third-order valence-electron chi connectivity index (χ3n) is 4.16. The number of nitrogens with zero attached hydrogens (tertiary/aromatic N) is 2. The van der Waals surface area contributed by atoms with E-state index in [4.69, 9.17) is 9.84 Å². The highest BCUT2D eigenvalue weighted by Gasteiger charge is 2.39. The summed E-state index contributed by atoms with van der Waals surface area (Å²) in [5.74, 6) is -0.800. The van der Waals surface area contributed by atoms with Gasteiger partial charge in [0.2, 0.25) is 0 Å². The van der Waals surface area contributed by atoms with E-state index in [1.165, 1.54) is 0 Å². The molecule has 0 aliphatic carbocycles. The highest BCUT2D eigenvalue weighted by molar-refractivity contribution is 5.78. The van der Waals surface area contributed by atoms with Crippen molar-refractivity contribution in [3.05, 3.63) is 0 Å². The molecule has 0 saturated carbocycles. The van der Waals surface area contributed by atoms with Crippen molar-refractivity contribution >= 4 is 12.0 Å². The third kappa shape index (κ3) is 3.00. The summed E-state index contributed by atoms with van der Waals surface area (Å²) in [6, 6.07) is -0.0193. The highest BCUT2D eigenvalue weighted by Crippen LogP contribution is 2.26. The average molecular weight is 270 g/mol. The summed E-state index contributed by atoms with van der Waals surface area (Å²) < 4.78 is 5.12. The average Bonchev–Trinajstić information content (AvgIpc) is 2.95. The van der Waals surface area contributed by atoms with Crippen molar-refractivity contribution in [3.8, 4) is 0 Å². The van der Waals surface area contributed by atoms with Crippen LogP contribution in [-0.4, -0.2) is 66.8 Å². The van der Waals surface area contributed by atoms with E-state index in [0.717, 1.165) is 19.5 Å². The summed E-state index contributed by atoms with van der Waals surface area (Å²) >= 11 is 0. The lowest BCUT2D eigenvalue weighted by Crippen LogP contribution is -2.41. The lowest BCUT2D eigenvalue weighted by Gasteiger charge is -2.24. The van der Waals surface area contributed by atoms with E-state index < -0.39 is 11.9 Å². The largest absolute Gasteiger partial charge is 0.481 e. The van der Waals surface area contributed by atoms with Gasteiger partial charge in [-0.25, -0.2) is 4.79 Å². The molecule has 1 N–H and O–H groups in total. The molecular formula is C13H22N2O4. The summed E-state index contributed by atoms with van der Waals surface area (Å²) in [6.07, 6.45) is 0.964. The third-order valence-corrected chi connectivity index (χ3v) is 4.16. The number of carboxylic acid groups (broad SMARTS) is 1. The van der Waals surface area contributed by atoms with Crippen LogP contribution >= 0.6 is 0 Å². The van der Waals surface area contributed by atoms with Gasteiger partial charge in [-0.15, -0.1) is 0 Å². The van der Waals surface area contributed by atoms with E-state index in [1.807, 2.05) is 11.8 Å². The molecule has 2 saturated heterocycles. The van der Waals surface area contributed by atoms with Gasteiger partial charge >= 0.3 is 12.0 Å². The van der Waals surface area contributed by atoms with Crippen LogP contribution < -0.4 is 0 Å². The van der Waals surface area contributed by atoms with Gasteiger partial charge in [0.1, 0.15) is 0 Å². The number of methoxy groups -OCH3 is 1. The van der Waals surface area contributed by atoms with Crippen LogP contribution in [0.5, 0.6) is 0 Å². The zero-order valence-corrected chi connectivity index (χ0v) is 11.5. The fraction of sp³-hybridized carbons (Fsp3) is 0.846. The van der Waals surface area contributed by atoms with Crippen LogP contribution in [0.25, 0.3) is 0 Å². The Balaban J connectivity index is 1.90. The second kappa shape index (κ2) is 5.77.